The van der Waals surface area contributed by atoms with E-state index in [1.807, 2.05) is 11.6 Å². The van der Waals surface area contributed by atoms with Crippen LogP contribution in [0.25, 0.3) is 0 Å². The van der Waals surface area contributed by atoms with Crippen molar-refractivity contribution in [1.82, 2.24) is 24.6 Å². The van der Waals surface area contributed by atoms with E-state index >= 15 is 0 Å². The number of carboxylic acid groups (broad SMARTS) is 1. The third kappa shape index (κ3) is 4.78. The van der Waals surface area contributed by atoms with Gasteiger partial charge in [0.2, 0.25) is 5.88 Å². The van der Waals surface area contributed by atoms with E-state index in [0.29, 0.717) is 31.5 Å². The lowest BCUT2D eigenvalue weighted by atomic mass is 9.61. The van der Waals surface area contributed by atoms with Crippen LogP contribution >= 0.6 is 0 Å². The first-order chi connectivity index (χ1) is 20.8. The molecule has 0 spiro atoms. The number of pyridine rings is 1. The summed E-state index contributed by atoms with van der Waals surface area (Å²) in [6.07, 6.45) is -1.16. The Hall–Kier alpha value is -4.42. The van der Waals surface area contributed by atoms with Gasteiger partial charge in [-0.3, -0.25) is 14.6 Å². The first kappa shape index (κ1) is 29.6. The summed E-state index contributed by atoms with van der Waals surface area (Å²) in [5, 5.41) is 18.3. The molecule has 0 saturated heterocycles. The molecule has 13 heteroatoms. The zero-order valence-corrected chi connectivity index (χ0v) is 24.7. The Kier molecular flexibility index (Phi) is 6.97. The number of hydrogen-bond donors (Lipinski definition) is 1. The largest absolute Gasteiger partial charge is 0.478 e. The van der Waals surface area contributed by atoms with Crippen molar-refractivity contribution in [3.8, 4) is 5.88 Å². The summed E-state index contributed by atoms with van der Waals surface area (Å²) in [4.78, 5) is 32.9. The number of rotatable bonds is 8. The van der Waals surface area contributed by atoms with Crippen LogP contribution in [0, 0.1) is 0 Å². The quantitative estimate of drug-likeness (QED) is 0.319. The van der Waals surface area contributed by atoms with Gasteiger partial charge in [0.25, 0.3) is 5.91 Å². The summed E-state index contributed by atoms with van der Waals surface area (Å²) in [7, 11) is 1.83. The normalized spacial score (nSPS) is 18.5. The maximum absolute atomic E-state index is 14.4. The van der Waals surface area contributed by atoms with E-state index in [0.717, 1.165) is 23.6 Å². The summed E-state index contributed by atoms with van der Waals surface area (Å²) in [6.45, 7) is 7.35. The van der Waals surface area contributed by atoms with Gasteiger partial charge < -0.3 is 14.4 Å². The molecular weight excluding hydrogens is 577 g/mol. The Morgan fingerprint density at radius 1 is 1.20 bits per heavy atom. The van der Waals surface area contributed by atoms with Crippen LogP contribution < -0.4 is 9.64 Å². The second-order valence-electron chi connectivity index (χ2n) is 12.2. The molecule has 2 aliphatic carbocycles. The molecule has 0 radical (unpaired) electrons. The van der Waals surface area contributed by atoms with Crippen LogP contribution in [0.5, 0.6) is 5.88 Å². The van der Waals surface area contributed by atoms with E-state index in [2.05, 4.69) is 21.8 Å². The average Bonchev–Trinajstić information content (AvgIpc) is 3.50. The minimum absolute atomic E-state index is 0.104. The number of alkyl halides is 3. The Morgan fingerprint density at radius 3 is 2.48 bits per heavy atom. The SMILES string of the molecule is C=C1CC(c2cc(OCC)nc(N3Cc4c(cc(CN(C(=O)O)C5(C)CCC5)cc4C(F)(F)F)C3=O)c2)(c2nncn2C)C1. The van der Waals surface area contributed by atoms with Gasteiger partial charge in [-0.15, -0.1) is 10.2 Å². The molecule has 2 aromatic heterocycles. The fourth-order valence-corrected chi connectivity index (χ4v) is 6.77. The first-order valence-corrected chi connectivity index (χ1v) is 14.5. The second-order valence-corrected chi connectivity index (χ2v) is 12.2. The molecule has 232 valence electrons. The number of allylic oxidation sites excluding steroid dienone is 1. The van der Waals surface area contributed by atoms with Crippen molar-refractivity contribution in [1.29, 1.82) is 0 Å². The first-order valence-electron chi connectivity index (χ1n) is 14.5. The zero-order chi connectivity index (χ0) is 31.6. The molecule has 3 heterocycles. The van der Waals surface area contributed by atoms with E-state index in [4.69, 9.17) is 4.74 Å². The van der Waals surface area contributed by atoms with Crippen molar-refractivity contribution >= 4 is 17.8 Å². The van der Waals surface area contributed by atoms with Crippen LogP contribution in [-0.2, 0) is 31.7 Å². The lowest BCUT2D eigenvalue weighted by Gasteiger charge is -2.46. The van der Waals surface area contributed by atoms with E-state index in [-0.39, 0.29) is 48.1 Å². The van der Waals surface area contributed by atoms with E-state index < -0.39 is 34.7 Å². The minimum Gasteiger partial charge on any atom is -0.478 e. The van der Waals surface area contributed by atoms with Gasteiger partial charge in [0.05, 0.1) is 24.1 Å². The molecule has 2 fully saturated rings. The van der Waals surface area contributed by atoms with Crippen LogP contribution in [0.1, 0.15) is 84.4 Å². The molecule has 1 aromatic carbocycles. The lowest BCUT2D eigenvalue weighted by molar-refractivity contribution is -0.138. The summed E-state index contributed by atoms with van der Waals surface area (Å²) in [5.74, 6) is 0.412. The van der Waals surface area contributed by atoms with Gasteiger partial charge in [0, 0.05) is 30.8 Å². The number of halogens is 3. The number of benzene rings is 1. The average molecular weight is 611 g/mol. The molecule has 1 N–H and O–H groups in total. The van der Waals surface area contributed by atoms with Crippen molar-refractivity contribution < 1.29 is 32.6 Å². The van der Waals surface area contributed by atoms with Gasteiger partial charge >= 0.3 is 12.3 Å². The predicted molar refractivity (Wildman–Crippen MR) is 153 cm³/mol. The Morgan fingerprint density at radius 2 is 1.93 bits per heavy atom. The number of amides is 2. The fourth-order valence-electron chi connectivity index (χ4n) is 6.77. The Labute approximate surface area is 252 Å². The molecule has 2 amide bonds. The Bertz CT molecular complexity index is 1670. The number of aromatic nitrogens is 4. The summed E-state index contributed by atoms with van der Waals surface area (Å²) >= 11 is 0. The number of carbonyl (C=O) groups is 2. The van der Waals surface area contributed by atoms with Crippen LogP contribution in [0.2, 0.25) is 0 Å². The summed E-state index contributed by atoms with van der Waals surface area (Å²) in [6, 6.07) is 5.81. The molecule has 44 heavy (non-hydrogen) atoms. The molecule has 10 nitrogen and oxygen atoms in total. The van der Waals surface area contributed by atoms with Crippen LogP contribution in [0.15, 0.2) is 42.7 Å². The molecule has 0 unspecified atom stereocenters. The van der Waals surface area contributed by atoms with E-state index in [1.54, 1.807) is 32.3 Å². The number of carbonyl (C=O) groups excluding carboxylic acids is 1. The number of hydrogen-bond acceptors (Lipinski definition) is 6. The zero-order valence-electron chi connectivity index (χ0n) is 24.7. The Balaban J connectivity index is 1.42. The van der Waals surface area contributed by atoms with Gasteiger partial charge in [-0.25, -0.2) is 4.79 Å². The standard InChI is InChI=1S/C31H33F3N6O4/c1-5-44-25-12-20(30(13-18(2)14-30)27-37-35-17-38(27)4)11-24(36-25)39-16-22-21(26(39)41)9-19(10-23(22)31(32,33)34)15-40(28(42)43)29(3)7-6-8-29/h9-12,17H,2,5-8,13-16H2,1,3-4H3,(H,42,43). The maximum Gasteiger partial charge on any atom is 0.416 e. The van der Waals surface area contributed by atoms with Crippen LogP contribution in [-0.4, -0.2) is 53.9 Å². The number of nitrogens with zero attached hydrogens (tertiary/aromatic N) is 6. The number of anilines is 1. The monoisotopic (exact) mass is 610 g/mol. The summed E-state index contributed by atoms with van der Waals surface area (Å²) < 4.78 is 50.9. The van der Waals surface area contributed by atoms with Gasteiger partial charge in [0.15, 0.2) is 0 Å². The highest BCUT2D eigenvalue weighted by Crippen LogP contribution is 2.52. The maximum atomic E-state index is 14.4. The van der Waals surface area contributed by atoms with E-state index in [1.165, 1.54) is 15.9 Å². The van der Waals surface area contributed by atoms with Gasteiger partial charge in [-0.2, -0.15) is 18.2 Å². The van der Waals surface area contributed by atoms with Crippen LogP contribution in [0.3, 0.4) is 0 Å². The third-order valence-corrected chi connectivity index (χ3v) is 9.21. The van der Waals surface area contributed by atoms with Gasteiger partial charge in [-0.05, 0) is 80.8 Å². The molecule has 3 aliphatic rings. The fraction of sp³-hybridized carbons (Fsp3) is 0.452. The molecule has 0 bridgehead atoms. The highest BCUT2D eigenvalue weighted by molar-refractivity contribution is 6.10. The third-order valence-electron chi connectivity index (χ3n) is 9.21. The smallest absolute Gasteiger partial charge is 0.416 e. The van der Waals surface area contributed by atoms with Crippen molar-refractivity contribution in [2.75, 3.05) is 11.5 Å². The molecule has 0 atom stereocenters. The number of fused-ring (bicyclic) bond motifs is 1. The van der Waals surface area contributed by atoms with Gasteiger partial charge in [0.1, 0.15) is 18.0 Å². The number of ether oxygens (including phenoxy) is 1. The summed E-state index contributed by atoms with van der Waals surface area (Å²) in [5.41, 5.74) is -0.695. The van der Waals surface area contributed by atoms with Crippen molar-refractivity contribution in [3.63, 3.8) is 0 Å². The topological polar surface area (TPSA) is 114 Å². The molecule has 1 aliphatic heterocycles. The van der Waals surface area contributed by atoms with Crippen molar-refractivity contribution in [3.05, 3.63) is 76.4 Å². The van der Waals surface area contributed by atoms with Crippen molar-refractivity contribution in [2.45, 2.75) is 76.2 Å². The molecular formula is C31H33F3N6O4. The van der Waals surface area contributed by atoms with Crippen LogP contribution in [0.4, 0.5) is 23.8 Å². The molecule has 3 aromatic rings. The predicted octanol–water partition coefficient (Wildman–Crippen LogP) is 5.85. The van der Waals surface area contributed by atoms with E-state index in [9.17, 15) is 27.9 Å². The van der Waals surface area contributed by atoms with Crippen molar-refractivity contribution in [2.24, 2.45) is 7.05 Å². The molecule has 6 rings (SSSR count). The minimum atomic E-state index is -4.77. The highest BCUT2D eigenvalue weighted by atomic mass is 19.4. The number of aryl methyl sites for hydroxylation is 1. The second kappa shape index (κ2) is 10.3. The van der Waals surface area contributed by atoms with Gasteiger partial charge in [-0.1, -0.05) is 12.2 Å². The lowest BCUT2D eigenvalue weighted by Crippen LogP contribution is -2.53. The highest BCUT2D eigenvalue weighted by Gasteiger charge is 2.48. The molecule has 2 saturated carbocycles.